The smallest absolute Gasteiger partial charge is 0.434 e. The van der Waals surface area contributed by atoms with Gasteiger partial charge in [-0.1, -0.05) is 0 Å². The summed E-state index contributed by atoms with van der Waals surface area (Å²) in [5, 5.41) is 15.7. The van der Waals surface area contributed by atoms with Gasteiger partial charge in [0.25, 0.3) is 0 Å². The Hall–Kier alpha value is -3.78. The molecule has 1 saturated heterocycles. The number of hydrogen-bond donors (Lipinski definition) is 3. The minimum atomic E-state index is -4.70. The molecule has 14 heteroatoms. The molecule has 0 radical (unpaired) electrons. The van der Waals surface area contributed by atoms with Gasteiger partial charge in [-0.3, -0.25) is 10.2 Å². The van der Waals surface area contributed by atoms with Crippen LogP contribution in [0.25, 0.3) is 21.7 Å². The number of aromatic carboxylic acids is 1. The number of likely N-dealkylation sites (tertiary alicyclic amines) is 1. The van der Waals surface area contributed by atoms with Gasteiger partial charge in [-0.25, -0.2) is 24.5 Å². The van der Waals surface area contributed by atoms with E-state index in [0.29, 0.717) is 30.0 Å². The topological polar surface area (TPSA) is 130 Å². The predicted octanol–water partition coefficient (Wildman–Crippen LogP) is 4.60. The Balaban J connectivity index is 1.78. The lowest BCUT2D eigenvalue weighted by molar-refractivity contribution is -0.140. The number of nitrogens with zero attached hydrogens (tertiary/aromatic N) is 4. The summed E-state index contributed by atoms with van der Waals surface area (Å²) in [5.74, 6) is -1.13. The highest BCUT2D eigenvalue weighted by atomic mass is 32.1. The van der Waals surface area contributed by atoms with Crippen molar-refractivity contribution in [2.45, 2.75) is 25.9 Å². The lowest BCUT2D eigenvalue weighted by Crippen LogP contribution is -2.28. The van der Waals surface area contributed by atoms with E-state index in [1.807, 2.05) is 0 Å². The summed E-state index contributed by atoms with van der Waals surface area (Å²) in [4.78, 5) is 38.3. The van der Waals surface area contributed by atoms with Crippen LogP contribution in [-0.2, 0) is 6.18 Å². The van der Waals surface area contributed by atoms with Gasteiger partial charge in [-0.2, -0.15) is 13.2 Å². The van der Waals surface area contributed by atoms with E-state index in [9.17, 15) is 27.9 Å². The first-order valence-electron chi connectivity index (χ1n) is 11.8. The Morgan fingerprint density at radius 3 is 2.53 bits per heavy atom. The fourth-order valence-corrected chi connectivity index (χ4v) is 4.88. The molecule has 0 aliphatic carbocycles. The molecule has 1 aliphatic heterocycles. The van der Waals surface area contributed by atoms with Crippen molar-refractivity contribution in [1.29, 1.82) is 0 Å². The molecule has 0 aromatic carbocycles. The van der Waals surface area contributed by atoms with Gasteiger partial charge >= 0.3 is 18.2 Å². The Bertz CT molecular complexity index is 1290. The molecule has 0 unspecified atom stereocenters. The molecule has 38 heavy (non-hydrogen) atoms. The second-order valence-electron chi connectivity index (χ2n) is 8.38. The van der Waals surface area contributed by atoms with Crippen LogP contribution in [0.4, 0.5) is 23.8 Å². The van der Waals surface area contributed by atoms with E-state index in [0.717, 1.165) is 37.5 Å². The van der Waals surface area contributed by atoms with Gasteiger partial charge in [0.05, 0.1) is 11.1 Å². The monoisotopic (exact) mass is 550 g/mol. The molecular weight excluding hydrogens is 525 g/mol. The summed E-state index contributed by atoms with van der Waals surface area (Å²) in [6, 6.07) is 2.57. The Kier molecular flexibility index (Phi) is 8.42. The number of halogens is 3. The Labute approximate surface area is 219 Å². The Morgan fingerprint density at radius 2 is 1.92 bits per heavy atom. The van der Waals surface area contributed by atoms with Crippen LogP contribution in [0.1, 0.15) is 35.8 Å². The van der Waals surface area contributed by atoms with Crippen molar-refractivity contribution in [2.75, 3.05) is 38.1 Å². The standard InChI is InChI=1S/C24H25F3N6O4S/c1-2-28-23(36)32-17-6-5-14(11-29-17)18-19(21-31-16(13-38-21)24(25,26)27)15(22(34)35)12-30-20(18)37-10-9-33-7-3-4-8-33/h5-6,11-13H,2-4,7-10H2,1H3,(H,34,35)(H2,28,29,32,36). The molecule has 3 aromatic rings. The summed E-state index contributed by atoms with van der Waals surface area (Å²) in [6.07, 6.45) is -0.100. The molecule has 0 bridgehead atoms. The fourth-order valence-electron chi connectivity index (χ4n) is 3.99. The van der Waals surface area contributed by atoms with Gasteiger partial charge in [-0.05, 0) is 45.0 Å². The maximum atomic E-state index is 13.3. The summed E-state index contributed by atoms with van der Waals surface area (Å²) < 4.78 is 46.0. The van der Waals surface area contributed by atoms with Crippen molar-refractivity contribution in [2.24, 2.45) is 0 Å². The highest BCUT2D eigenvalue weighted by Gasteiger charge is 2.35. The van der Waals surface area contributed by atoms with E-state index >= 15 is 0 Å². The van der Waals surface area contributed by atoms with Crippen molar-refractivity contribution in [3.8, 4) is 27.6 Å². The zero-order valence-electron chi connectivity index (χ0n) is 20.3. The van der Waals surface area contributed by atoms with Gasteiger partial charge in [0, 0.05) is 42.0 Å². The molecule has 3 aromatic heterocycles. The minimum absolute atomic E-state index is 0.0409. The first-order valence-corrected chi connectivity index (χ1v) is 12.7. The highest BCUT2D eigenvalue weighted by molar-refractivity contribution is 7.13. The Morgan fingerprint density at radius 1 is 1.16 bits per heavy atom. The average Bonchev–Trinajstić information content (AvgIpc) is 3.57. The van der Waals surface area contributed by atoms with Crippen molar-refractivity contribution in [3.05, 3.63) is 41.2 Å². The first-order chi connectivity index (χ1) is 18.2. The lowest BCUT2D eigenvalue weighted by Gasteiger charge is -2.18. The summed E-state index contributed by atoms with van der Waals surface area (Å²) in [5.41, 5.74) is -1.05. The molecule has 2 amide bonds. The van der Waals surface area contributed by atoms with Gasteiger partial charge < -0.3 is 15.2 Å². The maximum absolute atomic E-state index is 13.3. The van der Waals surface area contributed by atoms with Crippen molar-refractivity contribution in [1.82, 2.24) is 25.2 Å². The number of carbonyl (C=O) groups excluding carboxylic acids is 1. The number of ether oxygens (including phenoxy) is 1. The van der Waals surface area contributed by atoms with Crippen LogP contribution in [0.5, 0.6) is 5.88 Å². The molecule has 202 valence electrons. The number of urea groups is 1. The summed E-state index contributed by atoms with van der Waals surface area (Å²) >= 11 is 0.668. The second-order valence-corrected chi connectivity index (χ2v) is 9.24. The molecule has 1 fully saturated rings. The van der Waals surface area contributed by atoms with E-state index < -0.39 is 23.9 Å². The fraction of sp³-hybridized carbons (Fsp3) is 0.375. The molecule has 0 spiro atoms. The van der Waals surface area contributed by atoms with Crippen LogP contribution < -0.4 is 15.4 Å². The zero-order valence-corrected chi connectivity index (χ0v) is 21.2. The third kappa shape index (κ3) is 6.37. The molecule has 0 saturated carbocycles. The lowest BCUT2D eigenvalue weighted by atomic mass is 9.98. The molecule has 10 nitrogen and oxygen atoms in total. The van der Waals surface area contributed by atoms with E-state index in [1.165, 1.54) is 12.3 Å². The van der Waals surface area contributed by atoms with Crippen LogP contribution in [0.2, 0.25) is 0 Å². The number of pyridine rings is 2. The number of thiazole rings is 1. The number of amides is 2. The minimum Gasteiger partial charge on any atom is -0.478 e. The molecule has 1 aliphatic rings. The third-order valence-corrected chi connectivity index (χ3v) is 6.62. The van der Waals surface area contributed by atoms with Crippen molar-refractivity contribution in [3.63, 3.8) is 0 Å². The number of rotatable bonds is 9. The number of carbonyl (C=O) groups is 2. The van der Waals surface area contributed by atoms with Crippen LogP contribution in [0, 0.1) is 0 Å². The SMILES string of the molecule is CCNC(=O)Nc1ccc(-c2c(OCCN3CCCC3)ncc(C(=O)O)c2-c2nc(C(F)(F)F)cs2)cn1. The van der Waals surface area contributed by atoms with Crippen LogP contribution in [0.15, 0.2) is 29.9 Å². The number of anilines is 1. The normalized spacial score (nSPS) is 13.9. The number of nitrogens with one attached hydrogen (secondary N) is 2. The maximum Gasteiger partial charge on any atom is 0.434 e. The number of alkyl halides is 3. The highest BCUT2D eigenvalue weighted by Crippen LogP contribution is 2.43. The van der Waals surface area contributed by atoms with Crippen molar-refractivity contribution >= 4 is 29.2 Å². The van der Waals surface area contributed by atoms with Gasteiger partial charge in [0.1, 0.15) is 17.4 Å². The van der Waals surface area contributed by atoms with E-state index in [-0.39, 0.29) is 40.0 Å². The molecule has 0 atom stereocenters. The largest absolute Gasteiger partial charge is 0.478 e. The van der Waals surface area contributed by atoms with Crippen LogP contribution in [0.3, 0.4) is 0 Å². The van der Waals surface area contributed by atoms with Gasteiger partial charge in [-0.15, -0.1) is 11.3 Å². The summed E-state index contributed by atoms with van der Waals surface area (Å²) in [7, 11) is 0. The average molecular weight is 551 g/mol. The summed E-state index contributed by atoms with van der Waals surface area (Å²) in [6.45, 7) is 4.90. The molecular formula is C24H25F3N6O4S. The van der Waals surface area contributed by atoms with Crippen molar-refractivity contribution < 1.29 is 32.6 Å². The first kappa shape index (κ1) is 27.3. The van der Waals surface area contributed by atoms with Gasteiger partial charge in [0.2, 0.25) is 5.88 Å². The molecule has 4 heterocycles. The third-order valence-electron chi connectivity index (χ3n) is 5.76. The van der Waals surface area contributed by atoms with E-state index in [2.05, 4.69) is 30.5 Å². The number of hydrogen-bond acceptors (Lipinski definition) is 8. The molecule has 4 rings (SSSR count). The van der Waals surface area contributed by atoms with Crippen LogP contribution in [-0.4, -0.2) is 69.7 Å². The molecule has 3 N–H and O–H groups in total. The number of carboxylic acids is 1. The van der Waals surface area contributed by atoms with Gasteiger partial charge in [0.15, 0.2) is 5.69 Å². The zero-order chi connectivity index (χ0) is 27.3. The second kappa shape index (κ2) is 11.7. The quantitative estimate of drug-likeness (QED) is 0.353. The number of aromatic nitrogens is 3. The predicted molar refractivity (Wildman–Crippen MR) is 134 cm³/mol. The van der Waals surface area contributed by atoms with E-state index in [1.54, 1.807) is 13.0 Å². The van der Waals surface area contributed by atoms with Crippen LogP contribution >= 0.6 is 11.3 Å². The van der Waals surface area contributed by atoms with E-state index in [4.69, 9.17) is 4.74 Å². The number of carboxylic acid groups (broad SMARTS) is 1.